The SMILES string of the molecule is CC(NC1CCCNC1)c1cc(F)ccc1F. The van der Waals surface area contributed by atoms with Gasteiger partial charge < -0.3 is 10.6 Å². The third-order valence-corrected chi connectivity index (χ3v) is 3.21. The van der Waals surface area contributed by atoms with Gasteiger partial charge in [0.15, 0.2) is 0 Å². The molecule has 2 N–H and O–H groups in total. The summed E-state index contributed by atoms with van der Waals surface area (Å²) in [6.45, 7) is 3.80. The summed E-state index contributed by atoms with van der Waals surface area (Å²) in [4.78, 5) is 0. The van der Waals surface area contributed by atoms with Crippen LogP contribution in [0.5, 0.6) is 0 Å². The number of hydrogen-bond acceptors (Lipinski definition) is 2. The van der Waals surface area contributed by atoms with Crippen LogP contribution in [0.4, 0.5) is 8.78 Å². The van der Waals surface area contributed by atoms with E-state index in [1.54, 1.807) is 0 Å². The lowest BCUT2D eigenvalue weighted by Gasteiger charge is -2.27. The molecule has 0 aromatic heterocycles. The average molecular weight is 240 g/mol. The minimum atomic E-state index is -0.392. The quantitative estimate of drug-likeness (QED) is 0.847. The van der Waals surface area contributed by atoms with Crippen LogP contribution in [0, 0.1) is 11.6 Å². The van der Waals surface area contributed by atoms with Gasteiger partial charge in [0.05, 0.1) is 0 Å². The fourth-order valence-electron chi connectivity index (χ4n) is 2.28. The Bertz CT molecular complexity index is 376. The molecular formula is C13H18F2N2. The van der Waals surface area contributed by atoms with Crippen LogP contribution >= 0.6 is 0 Å². The highest BCUT2D eigenvalue weighted by molar-refractivity contribution is 5.22. The van der Waals surface area contributed by atoms with Crippen molar-refractivity contribution in [2.45, 2.75) is 31.8 Å². The molecule has 0 amide bonds. The maximum Gasteiger partial charge on any atom is 0.128 e. The van der Waals surface area contributed by atoms with Crippen molar-refractivity contribution in [2.75, 3.05) is 13.1 Å². The largest absolute Gasteiger partial charge is 0.315 e. The van der Waals surface area contributed by atoms with Gasteiger partial charge in [0, 0.05) is 24.2 Å². The van der Waals surface area contributed by atoms with E-state index in [0.717, 1.165) is 32.0 Å². The molecule has 2 rings (SSSR count). The molecule has 2 unspecified atom stereocenters. The van der Waals surface area contributed by atoms with Gasteiger partial charge >= 0.3 is 0 Å². The number of hydrogen-bond donors (Lipinski definition) is 2. The molecule has 0 radical (unpaired) electrons. The van der Waals surface area contributed by atoms with Gasteiger partial charge in [-0.15, -0.1) is 0 Å². The number of halogens is 2. The molecule has 94 valence electrons. The van der Waals surface area contributed by atoms with Crippen molar-refractivity contribution >= 4 is 0 Å². The van der Waals surface area contributed by atoms with Crippen molar-refractivity contribution in [3.63, 3.8) is 0 Å². The van der Waals surface area contributed by atoms with Gasteiger partial charge in [0.25, 0.3) is 0 Å². The average Bonchev–Trinajstić information content (AvgIpc) is 2.33. The molecule has 1 fully saturated rings. The Morgan fingerprint density at radius 1 is 1.41 bits per heavy atom. The predicted octanol–water partition coefficient (Wildman–Crippen LogP) is 2.37. The molecular weight excluding hydrogens is 222 g/mol. The molecule has 1 heterocycles. The van der Waals surface area contributed by atoms with E-state index in [-0.39, 0.29) is 11.9 Å². The third kappa shape index (κ3) is 3.23. The smallest absolute Gasteiger partial charge is 0.128 e. The number of benzene rings is 1. The summed E-state index contributed by atoms with van der Waals surface area (Å²) in [5.41, 5.74) is 0.399. The topological polar surface area (TPSA) is 24.1 Å². The fourth-order valence-corrected chi connectivity index (χ4v) is 2.28. The summed E-state index contributed by atoms with van der Waals surface area (Å²) in [5, 5.41) is 6.62. The van der Waals surface area contributed by atoms with Gasteiger partial charge in [0.1, 0.15) is 11.6 Å². The third-order valence-electron chi connectivity index (χ3n) is 3.21. The van der Waals surface area contributed by atoms with Crippen molar-refractivity contribution in [2.24, 2.45) is 0 Å². The summed E-state index contributed by atoms with van der Waals surface area (Å²) in [6, 6.07) is 3.76. The first-order valence-electron chi connectivity index (χ1n) is 6.08. The first-order chi connectivity index (χ1) is 8.16. The molecule has 1 aromatic carbocycles. The highest BCUT2D eigenvalue weighted by Crippen LogP contribution is 2.19. The summed E-state index contributed by atoms with van der Waals surface area (Å²) < 4.78 is 26.6. The number of nitrogens with one attached hydrogen (secondary N) is 2. The van der Waals surface area contributed by atoms with Gasteiger partial charge in [-0.2, -0.15) is 0 Å². The van der Waals surface area contributed by atoms with Crippen molar-refractivity contribution in [3.8, 4) is 0 Å². The summed E-state index contributed by atoms with van der Waals surface area (Å²) in [6.07, 6.45) is 2.20. The van der Waals surface area contributed by atoms with Crippen molar-refractivity contribution < 1.29 is 8.78 Å². The van der Waals surface area contributed by atoms with Crippen molar-refractivity contribution in [1.29, 1.82) is 0 Å². The Hall–Kier alpha value is -1.00. The van der Waals surface area contributed by atoms with E-state index < -0.39 is 5.82 Å². The van der Waals surface area contributed by atoms with Gasteiger partial charge in [-0.05, 0) is 44.5 Å². The van der Waals surface area contributed by atoms with E-state index in [2.05, 4.69) is 10.6 Å². The second kappa shape index (κ2) is 5.56. The Morgan fingerprint density at radius 2 is 2.24 bits per heavy atom. The standard InChI is InChI=1S/C13H18F2N2/c1-9(17-11-3-2-6-16-8-11)12-7-10(14)4-5-13(12)15/h4-5,7,9,11,16-17H,2-3,6,8H2,1H3. The molecule has 0 saturated carbocycles. The summed E-state index contributed by atoms with van der Waals surface area (Å²) in [5.74, 6) is -0.744. The predicted molar refractivity (Wildman–Crippen MR) is 63.8 cm³/mol. The van der Waals surface area contributed by atoms with E-state index in [0.29, 0.717) is 11.6 Å². The molecule has 0 bridgehead atoms. The van der Waals surface area contributed by atoms with Crippen LogP contribution in [0.15, 0.2) is 18.2 Å². The minimum Gasteiger partial charge on any atom is -0.315 e. The molecule has 4 heteroatoms. The van der Waals surface area contributed by atoms with Crippen molar-refractivity contribution in [3.05, 3.63) is 35.4 Å². The van der Waals surface area contributed by atoms with Crippen LogP contribution in [-0.2, 0) is 0 Å². The Kier molecular flexibility index (Phi) is 4.07. The molecule has 1 saturated heterocycles. The Labute approximate surface area is 100 Å². The molecule has 1 aliphatic heterocycles. The maximum atomic E-state index is 13.6. The maximum absolute atomic E-state index is 13.6. The van der Waals surface area contributed by atoms with E-state index >= 15 is 0 Å². The van der Waals surface area contributed by atoms with Crippen LogP contribution in [0.1, 0.15) is 31.4 Å². The number of rotatable bonds is 3. The second-order valence-corrected chi connectivity index (χ2v) is 4.60. The lowest BCUT2D eigenvalue weighted by molar-refractivity contribution is 0.357. The molecule has 1 aliphatic rings. The van der Waals surface area contributed by atoms with Crippen LogP contribution in [0.25, 0.3) is 0 Å². The Morgan fingerprint density at radius 3 is 2.94 bits per heavy atom. The fraction of sp³-hybridized carbons (Fsp3) is 0.538. The Balaban J connectivity index is 2.02. The van der Waals surface area contributed by atoms with E-state index in [1.165, 1.54) is 12.1 Å². The normalized spacial score (nSPS) is 22.4. The van der Waals surface area contributed by atoms with Crippen LogP contribution < -0.4 is 10.6 Å². The lowest BCUT2D eigenvalue weighted by atomic mass is 10.0. The highest BCUT2D eigenvalue weighted by Gasteiger charge is 2.18. The molecule has 0 spiro atoms. The van der Waals surface area contributed by atoms with Gasteiger partial charge in [-0.25, -0.2) is 8.78 Å². The summed E-state index contributed by atoms with van der Waals surface area (Å²) in [7, 11) is 0. The number of piperidine rings is 1. The van der Waals surface area contributed by atoms with Gasteiger partial charge in [-0.1, -0.05) is 0 Å². The zero-order valence-corrected chi connectivity index (χ0v) is 9.97. The molecule has 17 heavy (non-hydrogen) atoms. The van der Waals surface area contributed by atoms with E-state index in [9.17, 15) is 8.78 Å². The lowest BCUT2D eigenvalue weighted by Crippen LogP contribution is -2.44. The van der Waals surface area contributed by atoms with Gasteiger partial charge in [-0.3, -0.25) is 0 Å². The zero-order valence-electron chi connectivity index (χ0n) is 9.97. The summed E-state index contributed by atoms with van der Waals surface area (Å²) >= 11 is 0. The van der Waals surface area contributed by atoms with Crippen molar-refractivity contribution in [1.82, 2.24) is 10.6 Å². The van der Waals surface area contributed by atoms with Crippen LogP contribution in [0.3, 0.4) is 0 Å². The van der Waals surface area contributed by atoms with E-state index in [1.807, 2.05) is 6.92 Å². The zero-order chi connectivity index (χ0) is 12.3. The minimum absolute atomic E-state index is 0.171. The van der Waals surface area contributed by atoms with Crippen LogP contribution in [-0.4, -0.2) is 19.1 Å². The highest BCUT2D eigenvalue weighted by atomic mass is 19.1. The molecule has 0 aliphatic carbocycles. The van der Waals surface area contributed by atoms with Gasteiger partial charge in [0.2, 0.25) is 0 Å². The monoisotopic (exact) mass is 240 g/mol. The first-order valence-corrected chi connectivity index (χ1v) is 6.08. The van der Waals surface area contributed by atoms with E-state index in [4.69, 9.17) is 0 Å². The first kappa shape index (κ1) is 12.5. The second-order valence-electron chi connectivity index (χ2n) is 4.60. The molecule has 2 nitrogen and oxygen atoms in total. The molecule has 1 aromatic rings. The van der Waals surface area contributed by atoms with Crippen LogP contribution in [0.2, 0.25) is 0 Å². The molecule has 2 atom stereocenters.